The molecule has 148 valence electrons. The van der Waals surface area contributed by atoms with Crippen LogP contribution in [-0.2, 0) is 0 Å². The maximum absolute atomic E-state index is 7.80. The van der Waals surface area contributed by atoms with Crippen molar-refractivity contribution < 1.29 is 20.4 Å². The van der Waals surface area contributed by atoms with Crippen LogP contribution in [0.25, 0.3) is 0 Å². The van der Waals surface area contributed by atoms with E-state index >= 15 is 0 Å². The van der Waals surface area contributed by atoms with E-state index in [0.29, 0.717) is 23.0 Å². The molecule has 4 radical (unpaired) electrons. The van der Waals surface area contributed by atoms with Gasteiger partial charge in [-0.25, -0.2) is 0 Å². The van der Waals surface area contributed by atoms with Gasteiger partial charge in [0.15, 0.2) is 0 Å². The van der Waals surface area contributed by atoms with E-state index in [-0.39, 0.29) is 82.2 Å². The van der Waals surface area contributed by atoms with Crippen molar-refractivity contribution >= 4 is 106 Å². The van der Waals surface area contributed by atoms with Crippen LogP contribution in [0, 0.1) is 0 Å². The third-order valence-corrected chi connectivity index (χ3v) is 1.20. The first-order valence-corrected chi connectivity index (χ1v) is 20.5. The Morgan fingerprint density at radius 1 is 0.522 bits per heavy atom. The predicted molar refractivity (Wildman–Crippen MR) is 129 cm³/mol. The van der Waals surface area contributed by atoms with E-state index in [1.54, 1.807) is 0 Å². The summed E-state index contributed by atoms with van der Waals surface area (Å²) >= 11 is 15.1. The van der Waals surface area contributed by atoms with Gasteiger partial charge in [-0.3, -0.25) is 0 Å². The number of hydrogen-bond donors (Lipinski definition) is 8. The average molecular weight is 644 g/mol. The second-order valence-corrected chi connectivity index (χ2v) is 10.3. The number of thiol groups is 4. The maximum atomic E-state index is 7.80. The SMILES string of the molecule is OCCS.OCCS.OCCS.OCCS.S.[CH3][Sn][CH3].[CH3][Sn][CH3]. The van der Waals surface area contributed by atoms with Gasteiger partial charge in [0.2, 0.25) is 0 Å². The Bertz CT molecular complexity index is 79.9. The second-order valence-electron chi connectivity index (χ2n) is 2.79. The average Bonchev–Trinajstić information content (AvgIpc) is 2.56. The van der Waals surface area contributed by atoms with Gasteiger partial charge in [-0.05, 0) is 0 Å². The van der Waals surface area contributed by atoms with Gasteiger partial charge < -0.3 is 20.4 Å². The molecular weight excluding hydrogens is 606 g/mol. The number of rotatable bonds is 4. The molecule has 0 saturated carbocycles. The van der Waals surface area contributed by atoms with Crippen LogP contribution in [0.4, 0.5) is 0 Å². The molecule has 23 heavy (non-hydrogen) atoms. The Hall–Kier alpha value is 3.19. The summed E-state index contributed by atoms with van der Waals surface area (Å²) in [6.45, 7) is 0.735. The van der Waals surface area contributed by atoms with Crippen molar-refractivity contribution in [3.05, 3.63) is 0 Å². The number of aliphatic hydroxyl groups is 4. The summed E-state index contributed by atoms with van der Waals surface area (Å²) in [5, 5.41) is 31.2. The van der Waals surface area contributed by atoms with Crippen LogP contribution in [0.15, 0.2) is 0 Å². The van der Waals surface area contributed by atoms with E-state index < -0.39 is 0 Å². The van der Waals surface area contributed by atoms with Crippen molar-refractivity contribution in [3.63, 3.8) is 0 Å². The Kier molecular flexibility index (Phi) is 166. The molecule has 0 heterocycles. The molecule has 0 aliphatic carbocycles. The Morgan fingerprint density at radius 2 is 0.565 bits per heavy atom. The summed E-state index contributed by atoms with van der Waals surface area (Å²) in [4.78, 5) is 9.18. The van der Waals surface area contributed by atoms with Gasteiger partial charge in [-0.2, -0.15) is 64.0 Å². The monoisotopic (exact) mass is 646 g/mol. The van der Waals surface area contributed by atoms with E-state index in [0.717, 1.165) is 0 Å². The fraction of sp³-hybridized carbons (Fsp3) is 1.00. The van der Waals surface area contributed by atoms with Gasteiger partial charge in [-0.15, -0.1) is 0 Å². The van der Waals surface area contributed by atoms with Crippen LogP contribution < -0.4 is 0 Å². The first-order valence-electron chi connectivity index (χ1n) is 6.53. The summed E-state index contributed by atoms with van der Waals surface area (Å²) in [7, 11) is 0. The topological polar surface area (TPSA) is 80.9 Å². The summed E-state index contributed by atoms with van der Waals surface area (Å²) in [6.07, 6.45) is 0. The van der Waals surface area contributed by atoms with E-state index in [9.17, 15) is 0 Å². The summed E-state index contributed by atoms with van der Waals surface area (Å²) in [6, 6.07) is 0. The van der Waals surface area contributed by atoms with E-state index in [4.69, 9.17) is 20.4 Å². The van der Waals surface area contributed by atoms with Crippen molar-refractivity contribution in [3.8, 4) is 0 Å². The molecule has 4 N–H and O–H groups in total. The molecule has 0 bridgehead atoms. The molecule has 0 fully saturated rings. The van der Waals surface area contributed by atoms with Crippen molar-refractivity contribution in [2.24, 2.45) is 0 Å². The van der Waals surface area contributed by atoms with Crippen molar-refractivity contribution in [2.45, 2.75) is 19.8 Å². The second kappa shape index (κ2) is 84.7. The summed E-state index contributed by atoms with van der Waals surface area (Å²) in [5.74, 6) is 2.28. The third kappa shape index (κ3) is 262. The Balaban J connectivity index is -0.0000000266. The van der Waals surface area contributed by atoms with Gasteiger partial charge in [-0.1, -0.05) is 0 Å². The van der Waals surface area contributed by atoms with E-state index in [1.807, 2.05) is 0 Å². The van der Waals surface area contributed by atoms with E-state index in [1.165, 1.54) is 0 Å². The predicted octanol–water partition coefficient (Wildman–Crippen LogP) is 1.32. The molecule has 0 saturated heterocycles. The molecule has 0 amide bonds. The zero-order chi connectivity index (χ0) is 19.1. The van der Waals surface area contributed by atoms with Crippen molar-refractivity contribution in [2.75, 3.05) is 49.4 Å². The zero-order valence-electron chi connectivity index (χ0n) is 14.7. The normalized spacial score (nSPS) is 6.78. The minimum atomic E-state index is 0. The molecule has 11 heteroatoms. The fourth-order valence-corrected chi connectivity index (χ4v) is 0. The summed E-state index contributed by atoms with van der Waals surface area (Å²) < 4.78 is 0. The van der Waals surface area contributed by atoms with Gasteiger partial charge in [0, 0.05) is 23.0 Å². The number of aliphatic hydroxyl groups excluding tert-OH is 4. The quantitative estimate of drug-likeness (QED) is 0.176. The van der Waals surface area contributed by atoms with Crippen LogP contribution in [0.1, 0.15) is 0 Å². The molecule has 0 rings (SSSR count). The molecule has 0 aromatic heterocycles. The van der Waals surface area contributed by atoms with E-state index in [2.05, 4.69) is 70.3 Å². The van der Waals surface area contributed by atoms with Crippen LogP contribution in [0.3, 0.4) is 0 Å². The standard InChI is InChI=1S/4C2H6OS.4CH3.H2S.2Sn/c4*3-1-2-4;;;;;;;/h4*3-4H,1-2H2;4*1H3;1H2;;. The zero-order valence-corrected chi connectivity index (χ0v) is 25.0. The molecule has 4 nitrogen and oxygen atoms in total. The molecule has 0 aliphatic heterocycles. The Labute approximate surface area is 193 Å². The fourth-order valence-electron chi connectivity index (χ4n) is 0. The van der Waals surface area contributed by atoms with Crippen LogP contribution in [-0.4, -0.2) is 112 Å². The molecule has 0 atom stereocenters. The van der Waals surface area contributed by atoms with Gasteiger partial charge in [0.25, 0.3) is 0 Å². The van der Waals surface area contributed by atoms with Crippen molar-refractivity contribution in [1.29, 1.82) is 0 Å². The summed E-state index contributed by atoms with van der Waals surface area (Å²) in [5.41, 5.74) is 0. The van der Waals surface area contributed by atoms with Gasteiger partial charge in [0.05, 0.1) is 26.4 Å². The van der Waals surface area contributed by atoms with Crippen molar-refractivity contribution in [1.82, 2.24) is 0 Å². The van der Waals surface area contributed by atoms with Crippen LogP contribution in [0.5, 0.6) is 0 Å². The number of hydrogen-bond acceptors (Lipinski definition) is 8. The molecular formula is C12H38O4S5Sn2. The third-order valence-electron chi connectivity index (χ3n) is 0.400. The first-order chi connectivity index (χ1) is 10.5. The molecule has 0 aromatic rings. The van der Waals surface area contributed by atoms with Gasteiger partial charge in [0.1, 0.15) is 0 Å². The first kappa shape index (κ1) is 45.1. The molecule has 0 aromatic carbocycles. The van der Waals surface area contributed by atoms with Crippen LogP contribution in [0.2, 0.25) is 19.8 Å². The minimum absolute atomic E-state index is 0. The molecule has 0 unspecified atom stereocenters. The Morgan fingerprint density at radius 3 is 0.565 bits per heavy atom. The molecule has 0 spiro atoms. The van der Waals surface area contributed by atoms with Crippen LogP contribution >= 0.6 is 64.0 Å². The van der Waals surface area contributed by atoms with Gasteiger partial charge >= 0.3 is 62.0 Å². The molecule has 0 aliphatic rings.